The Bertz CT molecular complexity index is 1670. The summed E-state index contributed by atoms with van der Waals surface area (Å²) in [6.07, 6.45) is 2.22. The van der Waals surface area contributed by atoms with Crippen LogP contribution in [-0.2, 0) is 27.4 Å². The zero-order valence-electron chi connectivity index (χ0n) is 22.6. The molecular formula is C28H28ClF3N4O4S2. The summed E-state index contributed by atoms with van der Waals surface area (Å²) >= 11 is 6.65. The van der Waals surface area contributed by atoms with Crippen LogP contribution >= 0.6 is 23.4 Å². The maximum absolute atomic E-state index is 13.5. The van der Waals surface area contributed by atoms with Crippen molar-refractivity contribution in [3.63, 3.8) is 0 Å². The Morgan fingerprint density at radius 3 is 2.67 bits per heavy atom. The third kappa shape index (κ3) is 7.01. The summed E-state index contributed by atoms with van der Waals surface area (Å²) in [5.74, 6) is -0.309. The zero-order valence-corrected chi connectivity index (χ0v) is 25.0. The molecule has 2 saturated heterocycles. The predicted octanol–water partition coefficient (Wildman–Crippen LogP) is 5.69. The maximum Gasteiger partial charge on any atom is 0.416 e. The summed E-state index contributed by atoms with van der Waals surface area (Å²) in [6, 6.07) is 8.96. The first-order valence-corrected chi connectivity index (χ1v) is 16.5. The molecule has 42 heavy (non-hydrogen) atoms. The Morgan fingerprint density at radius 2 is 1.93 bits per heavy atom. The van der Waals surface area contributed by atoms with Crippen molar-refractivity contribution in [2.24, 2.45) is 0 Å². The van der Waals surface area contributed by atoms with Crippen molar-refractivity contribution in [2.45, 2.75) is 38.0 Å². The number of carbonyl (C=O) groups excluding carboxylic acids is 2. The minimum atomic E-state index is -4.56. The third-order valence-electron chi connectivity index (χ3n) is 7.47. The summed E-state index contributed by atoms with van der Waals surface area (Å²) in [7, 11) is -3.08. The van der Waals surface area contributed by atoms with E-state index in [1.54, 1.807) is 30.5 Å². The number of carbonyl (C=O) groups is 2. The summed E-state index contributed by atoms with van der Waals surface area (Å²) in [4.78, 5) is 29.4. The van der Waals surface area contributed by atoms with Gasteiger partial charge < -0.3 is 0 Å². The third-order valence-corrected chi connectivity index (χ3v) is 9.54. The van der Waals surface area contributed by atoms with Gasteiger partial charge in [0.2, 0.25) is 0 Å². The van der Waals surface area contributed by atoms with E-state index in [2.05, 4.69) is 10.00 Å². The van der Waals surface area contributed by atoms with Gasteiger partial charge in [0.05, 0.1) is 34.5 Å². The molecule has 224 valence electrons. The number of benzene rings is 2. The first-order chi connectivity index (χ1) is 19.8. The fourth-order valence-electron chi connectivity index (χ4n) is 5.35. The lowest BCUT2D eigenvalue weighted by molar-refractivity contribution is -0.138. The van der Waals surface area contributed by atoms with E-state index in [1.807, 2.05) is 0 Å². The molecule has 14 heteroatoms. The topological polar surface area (TPSA) is 92.6 Å². The predicted molar refractivity (Wildman–Crippen MR) is 157 cm³/mol. The number of likely N-dealkylation sites (tertiary alicyclic amines) is 1. The standard InChI is InChI=1S/C28H28ClF3N4O4S2/c1-42(39,40)12-11-34-9-2-3-22(34)8-10-35-26(37)25(41-27(35)38)14-18-4-7-24-20(13-18)16-33-36(24)17-19-5-6-21(29)15-23(19)28(30,31)32/h4-7,13-16,22H,2-3,8-12,17H2,1H3. The average molecular weight is 641 g/mol. The molecule has 2 aliphatic heterocycles. The molecular weight excluding hydrogens is 613 g/mol. The summed E-state index contributed by atoms with van der Waals surface area (Å²) in [5.41, 5.74) is 0.476. The molecule has 1 aromatic heterocycles. The second-order valence-corrected chi connectivity index (χ2v) is 14.2. The molecule has 2 amide bonds. The van der Waals surface area contributed by atoms with E-state index in [0.717, 1.165) is 37.2 Å². The van der Waals surface area contributed by atoms with Crippen LogP contribution in [0.3, 0.4) is 0 Å². The molecule has 3 heterocycles. The van der Waals surface area contributed by atoms with Crippen LogP contribution in [0.1, 0.15) is 36.0 Å². The SMILES string of the molecule is CS(=O)(=O)CCN1CCCC1CCN1C(=O)SC(=Cc2ccc3c(cnn3Cc3ccc(Cl)cc3C(F)(F)F)c2)C1=O. The molecule has 8 nitrogen and oxygen atoms in total. The molecule has 5 rings (SSSR count). The average Bonchev–Trinajstić information content (AvgIpc) is 3.59. The molecule has 0 saturated carbocycles. The van der Waals surface area contributed by atoms with Crippen molar-refractivity contribution in [2.75, 3.05) is 31.6 Å². The van der Waals surface area contributed by atoms with E-state index in [1.165, 1.54) is 28.0 Å². The van der Waals surface area contributed by atoms with E-state index >= 15 is 0 Å². The maximum atomic E-state index is 13.5. The van der Waals surface area contributed by atoms with Gasteiger partial charge in [-0.1, -0.05) is 23.7 Å². The van der Waals surface area contributed by atoms with Gasteiger partial charge in [0, 0.05) is 35.8 Å². The molecule has 2 aliphatic rings. The van der Waals surface area contributed by atoms with E-state index < -0.39 is 21.6 Å². The minimum absolute atomic E-state index is 0.00411. The summed E-state index contributed by atoms with van der Waals surface area (Å²) < 4.78 is 65.2. The summed E-state index contributed by atoms with van der Waals surface area (Å²) in [6.45, 7) is 1.37. The quantitative estimate of drug-likeness (QED) is 0.278. The second-order valence-electron chi connectivity index (χ2n) is 10.5. The van der Waals surface area contributed by atoms with Gasteiger partial charge >= 0.3 is 6.18 Å². The Hall–Kier alpha value is -2.87. The number of hydrogen-bond donors (Lipinski definition) is 0. The monoisotopic (exact) mass is 640 g/mol. The fraction of sp³-hybridized carbons (Fsp3) is 0.393. The number of fused-ring (bicyclic) bond motifs is 1. The van der Waals surface area contributed by atoms with Gasteiger partial charge in [-0.15, -0.1) is 0 Å². The number of amides is 2. The Kier molecular flexibility index (Phi) is 8.75. The molecule has 0 radical (unpaired) electrons. The van der Waals surface area contributed by atoms with Crippen LogP contribution < -0.4 is 0 Å². The number of aromatic nitrogens is 2. The smallest absolute Gasteiger partial charge is 0.299 e. The number of thioether (sulfide) groups is 1. The first-order valence-electron chi connectivity index (χ1n) is 13.3. The van der Waals surface area contributed by atoms with Crippen molar-refractivity contribution in [1.82, 2.24) is 19.6 Å². The molecule has 0 spiro atoms. The number of rotatable bonds is 9. The van der Waals surface area contributed by atoms with Crippen LogP contribution in [0.25, 0.3) is 17.0 Å². The van der Waals surface area contributed by atoms with E-state index in [4.69, 9.17) is 11.6 Å². The first kappa shape index (κ1) is 30.6. The van der Waals surface area contributed by atoms with Gasteiger partial charge in [0.1, 0.15) is 9.84 Å². The Labute approximate surface area is 250 Å². The zero-order chi connectivity index (χ0) is 30.2. The van der Waals surface area contributed by atoms with Gasteiger partial charge in [0.15, 0.2) is 0 Å². The van der Waals surface area contributed by atoms with Crippen molar-refractivity contribution < 1.29 is 31.2 Å². The Balaban J connectivity index is 1.27. The number of alkyl halides is 3. The van der Waals surface area contributed by atoms with E-state index in [-0.39, 0.29) is 51.5 Å². The van der Waals surface area contributed by atoms with Gasteiger partial charge in [-0.25, -0.2) is 8.42 Å². The highest BCUT2D eigenvalue weighted by atomic mass is 35.5. The number of nitrogens with zero attached hydrogens (tertiary/aromatic N) is 4. The lowest BCUT2D eigenvalue weighted by Gasteiger charge is -2.25. The van der Waals surface area contributed by atoms with Crippen LogP contribution in [-0.4, -0.2) is 76.8 Å². The molecule has 2 fully saturated rings. The van der Waals surface area contributed by atoms with Crippen LogP contribution in [0, 0.1) is 0 Å². The van der Waals surface area contributed by atoms with Crippen LogP contribution in [0.4, 0.5) is 18.0 Å². The van der Waals surface area contributed by atoms with Crippen molar-refractivity contribution in [3.05, 3.63) is 69.2 Å². The number of sulfone groups is 1. The van der Waals surface area contributed by atoms with Gasteiger partial charge in [-0.3, -0.25) is 24.1 Å². The highest BCUT2D eigenvalue weighted by molar-refractivity contribution is 8.18. The molecule has 3 aromatic rings. The Morgan fingerprint density at radius 1 is 1.14 bits per heavy atom. The number of imide groups is 1. The lowest BCUT2D eigenvalue weighted by atomic mass is 10.1. The normalized spacial score (nSPS) is 19.6. The molecule has 0 bridgehead atoms. The van der Waals surface area contributed by atoms with E-state index in [9.17, 15) is 31.2 Å². The summed E-state index contributed by atoms with van der Waals surface area (Å²) in [5, 5.41) is 4.57. The van der Waals surface area contributed by atoms with Crippen molar-refractivity contribution in [1.29, 1.82) is 0 Å². The van der Waals surface area contributed by atoms with E-state index in [0.29, 0.717) is 29.4 Å². The lowest BCUT2D eigenvalue weighted by Crippen LogP contribution is -2.37. The molecule has 2 aromatic carbocycles. The van der Waals surface area contributed by atoms with Crippen LogP contribution in [0.2, 0.25) is 5.02 Å². The van der Waals surface area contributed by atoms with Crippen LogP contribution in [0.15, 0.2) is 47.5 Å². The number of halogens is 4. The second kappa shape index (κ2) is 12.0. The molecule has 1 unspecified atom stereocenters. The van der Waals surface area contributed by atoms with Crippen molar-refractivity contribution in [3.8, 4) is 0 Å². The van der Waals surface area contributed by atoms with Crippen molar-refractivity contribution >= 4 is 61.3 Å². The minimum Gasteiger partial charge on any atom is -0.299 e. The highest BCUT2D eigenvalue weighted by Gasteiger charge is 2.36. The van der Waals surface area contributed by atoms with Crippen LogP contribution in [0.5, 0.6) is 0 Å². The molecule has 0 aliphatic carbocycles. The molecule has 1 atom stereocenters. The molecule has 0 N–H and O–H groups in total. The largest absolute Gasteiger partial charge is 0.416 e. The highest BCUT2D eigenvalue weighted by Crippen LogP contribution is 2.35. The van der Waals surface area contributed by atoms with Gasteiger partial charge in [0.25, 0.3) is 11.1 Å². The number of hydrogen-bond acceptors (Lipinski definition) is 7. The van der Waals surface area contributed by atoms with Gasteiger partial charge in [-0.05, 0) is 79.0 Å². The van der Waals surface area contributed by atoms with Gasteiger partial charge in [-0.2, -0.15) is 18.3 Å². The fourth-order valence-corrected chi connectivity index (χ4v) is 6.96.